The van der Waals surface area contributed by atoms with Gasteiger partial charge in [0.05, 0.1) is 19.8 Å². The number of hydrogen-bond acceptors (Lipinski definition) is 5. The zero-order valence-electron chi connectivity index (χ0n) is 14.8. The SMILES string of the molecule is COC(=O)c1c(NC(=S)NCCc2ccccc2OC)sc(C)c1C. The highest BCUT2D eigenvalue weighted by Gasteiger charge is 2.20. The van der Waals surface area contributed by atoms with E-state index in [1.807, 2.05) is 38.1 Å². The Morgan fingerprint density at radius 1 is 1.24 bits per heavy atom. The molecular weight excluding hydrogens is 356 g/mol. The van der Waals surface area contributed by atoms with Crippen LogP contribution in [0.25, 0.3) is 0 Å². The second-order valence-corrected chi connectivity index (χ2v) is 7.05. The Balaban J connectivity index is 1.97. The summed E-state index contributed by atoms with van der Waals surface area (Å²) < 4.78 is 10.2. The van der Waals surface area contributed by atoms with Crippen LogP contribution in [0.2, 0.25) is 0 Å². The van der Waals surface area contributed by atoms with Crippen molar-refractivity contribution in [2.24, 2.45) is 0 Å². The maximum atomic E-state index is 12.0. The molecule has 0 radical (unpaired) electrons. The van der Waals surface area contributed by atoms with Gasteiger partial charge in [-0.25, -0.2) is 4.79 Å². The van der Waals surface area contributed by atoms with Gasteiger partial charge in [0.2, 0.25) is 0 Å². The molecule has 1 aromatic carbocycles. The van der Waals surface area contributed by atoms with Gasteiger partial charge in [-0.2, -0.15) is 0 Å². The molecule has 0 fully saturated rings. The van der Waals surface area contributed by atoms with Gasteiger partial charge in [0.25, 0.3) is 0 Å². The van der Waals surface area contributed by atoms with Crippen molar-refractivity contribution in [3.63, 3.8) is 0 Å². The fourth-order valence-corrected chi connectivity index (χ4v) is 3.75. The fraction of sp³-hybridized carbons (Fsp3) is 0.333. The van der Waals surface area contributed by atoms with Crippen LogP contribution in [-0.4, -0.2) is 31.8 Å². The summed E-state index contributed by atoms with van der Waals surface area (Å²) in [6.07, 6.45) is 0.776. The topological polar surface area (TPSA) is 59.6 Å². The van der Waals surface area contributed by atoms with E-state index >= 15 is 0 Å². The first-order valence-corrected chi connectivity index (χ1v) is 9.05. The number of para-hydroxylation sites is 1. The van der Waals surface area contributed by atoms with Gasteiger partial charge in [0.15, 0.2) is 5.11 Å². The van der Waals surface area contributed by atoms with Gasteiger partial charge in [-0.3, -0.25) is 0 Å². The van der Waals surface area contributed by atoms with Gasteiger partial charge >= 0.3 is 5.97 Å². The van der Waals surface area contributed by atoms with Gasteiger partial charge < -0.3 is 20.1 Å². The Hall–Kier alpha value is -2.12. The molecule has 0 unspecified atom stereocenters. The number of carbonyl (C=O) groups excluding carboxylic acids is 1. The summed E-state index contributed by atoms with van der Waals surface area (Å²) in [5, 5.41) is 7.45. The highest BCUT2D eigenvalue weighted by Crippen LogP contribution is 2.32. The minimum Gasteiger partial charge on any atom is -0.496 e. The second-order valence-electron chi connectivity index (χ2n) is 5.42. The van der Waals surface area contributed by atoms with Crippen molar-refractivity contribution in [2.75, 3.05) is 26.1 Å². The minimum atomic E-state index is -0.360. The van der Waals surface area contributed by atoms with Crippen LogP contribution in [0.15, 0.2) is 24.3 Å². The lowest BCUT2D eigenvalue weighted by Crippen LogP contribution is -2.30. The number of thiophene rings is 1. The Bertz CT molecular complexity index is 772. The van der Waals surface area contributed by atoms with E-state index in [9.17, 15) is 4.79 Å². The largest absolute Gasteiger partial charge is 0.496 e. The van der Waals surface area contributed by atoms with Gasteiger partial charge in [-0.15, -0.1) is 11.3 Å². The number of carbonyl (C=O) groups is 1. The predicted molar refractivity (Wildman–Crippen MR) is 106 cm³/mol. The molecule has 0 bridgehead atoms. The van der Waals surface area contributed by atoms with Crippen LogP contribution >= 0.6 is 23.6 Å². The molecule has 0 amide bonds. The molecule has 7 heteroatoms. The number of methoxy groups -OCH3 is 2. The summed E-state index contributed by atoms with van der Waals surface area (Å²) in [5.74, 6) is 0.502. The predicted octanol–water partition coefficient (Wildman–Crippen LogP) is 3.69. The van der Waals surface area contributed by atoms with Crippen molar-refractivity contribution in [3.05, 3.63) is 45.8 Å². The van der Waals surface area contributed by atoms with Gasteiger partial charge in [0.1, 0.15) is 10.8 Å². The lowest BCUT2D eigenvalue weighted by atomic mass is 10.1. The van der Waals surface area contributed by atoms with Crippen molar-refractivity contribution in [1.82, 2.24) is 5.32 Å². The van der Waals surface area contributed by atoms with E-state index in [0.29, 0.717) is 22.2 Å². The molecule has 0 aliphatic rings. The normalized spacial score (nSPS) is 10.2. The second kappa shape index (κ2) is 8.82. The van der Waals surface area contributed by atoms with E-state index in [1.54, 1.807) is 7.11 Å². The third kappa shape index (κ3) is 4.70. The standard InChI is InChI=1S/C18H22N2O3S2/c1-11-12(2)25-16(15(11)17(21)23-4)20-18(24)19-10-9-13-7-5-6-8-14(13)22-3/h5-8H,9-10H2,1-4H3,(H2,19,20,24). The molecule has 0 saturated heterocycles. The Labute approximate surface area is 157 Å². The average molecular weight is 379 g/mol. The van der Waals surface area contributed by atoms with Crippen molar-refractivity contribution < 1.29 is 14.3 Å². The first-order chi connectivity index (χ1) is 12.0. The zero-order chi connectivity index (χ0) is 18.4. The molecule has 1 heterocycles. The summed E-state index contributed by atoms with van der Waals surface area (Å²) in [4.78, 5) is 13.0. The van der Waals surface area contributed by atoms with E-state index in [2.05, 4.69) is 10.6 Å². The average Bonchev–Trinajstić information content (AvgIpc) is 2.88. The van der Waals surface area contributed by atoms with Crippen molar-refractivity contribution in [1.29, 1.82) is 0 Å². The third-order valence-electron chi connectivity index (χ3n) is 3.87. The number of aryl methyl sites for hydroxylation is 1. The van der Waals surface area contributed by atoms with E-state index in [-0.39, 0.29) is 5.97 Å². The number of anilines is 1. The number of hydrogen-bond donors (Lipinski definition) is 2. The quantitative estimate of drug-likeness (QED) is 0.591. The summed E-state index contributed by atoms with van der Waals surface area (Å²) >= 11 is 6.84. The number of ether oxygens (including phenoxy) is 2. The molecule has 5 nitrogen and oxygen atoms in total. The molecule has 0 aliphatic carbocycles. The Morgan fingerprint density at radius 2 is 1.96 bits per heavy atom. The van der Waals surface area contributed by atoms with Crippen LogP contribution in [-0.2, 0) is 11.2 Å². The van der Waals surface area contributed by atoms with Crippen LogP contribution in [0.3, 0.4) is 0 Å². The molecule has 0 saturated carbocycles. The number of rotatable bonds is 6. The maximum absolute atomic E-state index is 12.0. The molecule has 0 aliphatic heterocycles. The van der Waals surface area contributed by atoms with Gasteiger partial charge in [0, 0.05) is 11.4 Å². The minimum absolute atomic E-state index is 0.360. The summed E-state index contributed by atoms with van der Waals surface area (Å²) in [6, 6.07) is 7.89. The van der Waals surface area contributed by atoms with E-state index < -0.39 is 0 Å². The number of thiocarbonyl (C=S) groups is 1. The van der Waals surface area contributed by atoms with Crippen molar-refractivity contribution in [3.8, 4) is 5.75 Å². The highest BCUT2D eigenvalue weighted by molar-refractivity contribution is 7.80. The van der Waals surface area contributed by atoms with Gasteiger partial charge in [-0.1, -0.05) is 18.2 Å². The van der Waals surface area contributed by atoms with Crippen LogP contribution in [0, 0.1) is 13.8 Å². The Morgan fingerprint density at radius 3 is 2.64 bits per heavy atom. The summed E-state index contributed by atoms with van der Waals surface area (Å²) in [6.45, 7) is 4.53. The molecule has 0 atom stereocenters. The fourth-order valence-electron chi connectivity index (χ4n) is 2.43. The summed E-state index contributed by atoms with van der Waals surface area (Å²) in [7, 11) is 3.04. The number of esters is 1. The van der Waals surface area contributed by atoms with E-state index in [1.165, 1.54) is 18.4 Å². The molecular formula is C18H22N2O3S2. The molecule has 1 aromatic heterocycles. The molecule has 2 N–H and O–H groups in total. The first-order valence-electron chi connectivity index (χ1n) is 7.83. The Kier molecular flexibility index (Phi) is 6.78. The van der Waals surface area contributed by atoms with Crippen molar-refractivity contribution in [2.45, 2.75) is 20.3 Å². The first kappa shape index (κ1) is 19.2. The maximum Gasteiger partial charge on any atom is 0.341 e. The van der Waals surface area contributed by atoms with Crippen LogP contribution in [0.4, 0.5) is 5.00 Å². The van der Waals surface area contributed by atoms with E-state index in [4.69, 9.17) is 21.7 Å². The lowest BCUT2D eigenvalue weighted by molar-refractivity contribution is 0.0601. The lowest BCUT2D eigenvalue weighted by Gasteiger charge is -2.12. The molecule has 0 spiro atoms. The van der Waals surface area contributed by atoms with Crippen LogP contribution in [0.1, 0.15) is 26.4 Å². The summed E-state index contributed by atoms with van der Waals surface area (Å²) in [5.41, 5.74) is 2.56. The zero-order valence-corrected chi connectivity index (χ0v) is 16.4. The van der Waals surface area contributed by atoms with Crippen molar-refractivity contribution >= 4 is 39.6 Å². The monoisotopic (exact) mass is 378 g/mol. The van der Waals surface area contributed by atoms with Crippen LogP contribution in [0.5, 0.6) is 5.75 Å². The number of benzene rings is 1. The third-order valence-corrected chi connectivity index (χ3v) is 5.24. The molecule has 2 rings (SSSR count). The highest BCUT2D eigenvalue weighted by atomic mass is 32.1. The molecule has 25 heavy (non-hydrogen) atoms. The molecule has 2 aromatic rings. The van der Waals surface area contributed by atoms with Gasteiger partial charge in [-0.05, 0) is 49.7 Å². The van der Waals surface area contributed by atoms with E-state index in [0.717, 1.165) is 28.2 Å². The smallest absolute Gasteiger partial charge is 0.341 e. The number of nitrogens with one attached hydrogen (secondary N) is 2. The van der Waals surface area contributed by atoms with Crippen LogP contribution < -0.4 is 15.4 Å². The molecule has 134 valence electrons.